The molecule has 3 aromatic carbocycles. The quantitative estimate of drug-likeness (QED) is 0.248. The third-order valence-corrected chi connectivity index (χ3v) is 6.76. The number of carbonyl (C=O) groups is 2. The minimum atomic E-state index is -0.606. The number of aryl methyl sites for hydroxylation is 1. The van der Waals surface area contributed by atoms with Gasteiger partial charge in [-0.2, -0.15) is 5.26 Å². The smallest absolute Gasteiger partial charge is 0.255 e. The van der Waals surface area contributed by atoms with E-state index < -0.39 is 11.7 Å². The summed E-state index contributed by atoms with van der Waals surface area (Å²) in [5.41, 5.74) is 1.93. The predicted octanol–water partition coefficient (Wildman–Crippen LogP) is 4.20. The van der Waals surface area contributed by atoms with Crippen LogP contribution in [0.5, 0.6) is 5.75 Å². The van der Waals surface area contributed by atoms with Gasteiger partial charge in [-0.1, -0.05) is 12.1 Å². The minimum absolute atomic E-state index is 0.000225. The van der Waals surface area contributed by atoms with Gasteiger partial charge in [-0.3, -0.25) is 4.79 Å². The summed E-state index contributed by atoms with van der Waals surface area (Å²) in [4.78, 5) is 25.7. The molecule has 1 heterocycles. The van der Waals surface area contributed by atoms with E-state index in [1.165, 1.54) is 18.2 Å². The van der Waals surface area contributed by atoms with Crippen molar-refractivity contribution in [3.05, 3.63) is 107 Å². The van der Waals surface area contributed by atoms with Crippen molar-refractivity contribution in [3.8, 4) is 11.8 Å². The number of rotatable bonds is 7. The molecule has 204 valence electrons. The fourth-order valence-corrected chi connectivity index (χ4v) is 4.16. The average molecular weight is 605 g/mol. The van der Waals surface area contributed by atoms with E-state index in [0.717, 1.165) is 37.1 Å². The molecular formula is C30H28AsF2N4O3+. The van der Waals surface area contributed by atoms with Gasteiger partial charge in [0.05, 0.1) is 11.6 Å². The van der Waals surface area contributed by atoms with E-state index >= 15 is 0 Å². The second-order valence-corrected chi connectivity index (χ2v) is 9.42. The van der Waals surface area contributed by atoms with Gasteiger partial charge < -0.3 is 10.1 Å². The van der Waals surface area contributed by atoms with E-state index in [1.54, 1.807) is 47.9 Å². The van der Waals surface area contributed by atoms with Crippen LogP contribution in [0.4, 0.5) is 14.5 Å². The Labute approximate surface area is 240 Å². The number of nitriles is 1. The summed E-state index contributed by atoms with van der Waals surface area (Å²) in [5.74, 6) is -0.812. The van der Waals surface area contributed by atoms with Crippen LogP contribution in [-0.4, -0.2) is 69.3 Å². The largest absolute Gasteiger partial charge is 0.489 e. The molecule has 40 heavy (non-hydrogen) atoms. The van der Waals surface area contributed by atoms with Gasteiger partial charge in [0.15, 0.2) is 0 Å². The van der Waals surface area contributed by atoms with Crippen LogP contribution in [0.1, 0.15) is 27.0 Å². The first-order chi connectivity index (χ1) is 19.2. The van der Waals surface area contributed by atoms with Crippen LogP contribution in [-0.2, 0) is 11.4 Å². The topological polar surface area (TPSA) is 85.4 Å². The SMILES string of the molecule is C=CC(=O)[N+]1=CCN(C[As])CC1.Cc1ccc(COc2ccc(C(=O)Nc3cc(F)cc(C#N)c3)cc2)cc1F. The van der Waals surface area contributed by atoms with Crippen molar-refractivity contribution in [2.75, 3.05) is 30.3 Å². The van der Waals surface area contributed by atoms with E-state index in [0.29, 0.717) is 22.4 Å². The number of halogens is 2. The standard InChI is InChI=1S/C22H16F2N2O2.C8H12AsN2O/c1-14-2-3-15(10-21(14)24)13-28-20-6-4-17(5-7-20)22(27)26-19-9-16(12-25)8-18(23)11-19;1-2-8(12)11-5-3-10(7-9)4-6-11/h2-11H,13H2,1H3,(H,26,27);2,5H,1,3-4,6-7H2/q;+1. The fourth-order valence-electron chi connectivity index (χ4n) is 3.62. The predicted molar refractivity (Wildman–Crippen MR) is 150 cm³/mol. The molecule has 0 saturated carbocycles. The summed E-state index contributed by atoms with van der Waals surface area (Å²) in [6.45, 7) is 7.92. The van der Waals surface area contributed by atoms with Crippen molar-refractivity contribution in [3.63, 3.8) is 0 Å². The van der Waals surface area contributed by atoms with Gasteiger partial charge in [0.2, 0.25) is 0 Å². The number of anilines is 1. The molecule has 2 radical (unpaired) electrons. The Morgan fingerprint density at radius 1 is 1.18 bits per heavy atom. The van der Waals surface area contributed by atoms with Gasteiger partial charge in [-0.05, 0) is 66.6 Å². The maximum absolute atomic E-state index is 13.6. The van der Waals surface area contributed by atoms with Crippen molar-refractivity contribution in [1.29, 1.82) is 5.26 Å². The number of amides is 2. The molecule has 0 aromatic heterocycles. The third kappa shape index (κ3) is 8.98. The Hall–Kier alpha value is -4.12. The molecule has 2 amide bonds. The molecule has 0 saturated heterocycles. The van der Waals surface area contributed by atoms with Gasteiger partial charge in [-0.15, -0.1) is 0 Å². The molecule has 7 nitrogen and oxygen atoms in total. The Bertz CT molecular complexity index is 1450. The van der Waals surface area contributed by atoms with Crippen LogP contribution in [0.3, 0.4) is 0 Å². The van der Waals surface area contributed by atoms with Crippen LogP contribution in [0, 0.1) is 29.9 Å². The summed E-state index contributed by atoms with van der Waals surface area (Å²) in [7, 11) is 0. The average Bonchev–Trinajstić information content (AvgIpc) is 2.97. The number of ether oxygens (including phenoxy) is 1. The number of hydrogen-bond donors (Lipinski definition) is 1. The summed E-state index contributed by atoms with van der Waals surface area (Å²) in [6, 6.07) is 16.7. The van der Waals surface area contributed by atoms with E-state index in [4.69, 9.17) is 10.00 Å². The van der Waals surface area contributed by atoms with Gasteiger partial charge in [0, 0.05) is 11.3 Å². The van der Waals surface area contributed by atoms with Crippen molar-refractivity contribution in [2.45, 2.75) is 13.5 Å². The van der Waals surface area contributed by atoms with Crippen LogP contribution in [0.15, 0.2) is 73.3 Å². The summed E-state index contributed by atoms with van der Waals surface area (Å²) < 4.78 is 34.3. The van der Waals surface area contributed by atoms with E-state index in [9.17, 15) is 18.4 Å². The zero-order chi connectivity index (χ0) is 29.1. The number of nitrogens with one attached hydrogen (secondary N) is 1. The van der Waals surface area contributed by atoms with Crippen LogP contribution >= 0.6 is 0 Å². The Morgan fingerprint density at radius 3 is 2.52 bits per heavy atom. The molecule has 3 aromatic rings. The molecule has 0 fully saturated rings. The Balaban J connectivity index is 0.000000307. The van der Waals surface area contributed by atoms with E-state index in [2.05, 4.69) is 33.6 Å². The molecule has 4 rings (SSSR count). The van der Waals surface area contributed by atoms with Crippen LogP contribution in [0.2, 0.25) is 0 Å². The summed E-state index contributed by atoms with van der Waals surface area (Å²) >= 11 is 2.54. The zero-order valence-corrected chi connectivity index (χ0v) is 23.8. The molecule has 0 unspecified atom stereocenters. The third-order valence-electron chi connectivity index (χ3n) is 5.92. The van der Waals surface area contributed by atoms with Gasteiger partial charge in [0.1, 0.15) is 24.0 Å². The van der Waals surface area contributed by atoms with Crippen molar-refractivity contribution < 1.29 is 27.7 Å². The molecule has 10 heteroatoms. The van der Waals surface area contributed by atoms with Crippen molar-refractivity contribution in [2.24, 2.45) is 0 Å². The molecule has 0 atom stereocenters. The van der Waals surface area contributed by atoms with E-state index in [-0.39, 0.29) is 29.6 Å². The number of carbonyl (C=O) groups excluding carboxylic acids is 2. The van der Waals surface area contributed by atoms with Gasteiger partial charge in [0.25, 0.3) is 5.91 Å². The second kappa shape index (κ2) is 14.9. The fraction of sp³-hybridized carbons (Fsp3) is 0.200. The first-order valence-electron chi connectivity index (χ1n) is 12.3. The maximum atomic E-state index is 13.6. The Morgan fingerprint density at radius 2 is 1.93 bits per heavy atom. The molecule has 0 spiro atoms. The normalized spacial score (nSPS) is 12.7. The maximum Gasteiger partial charge on any atom is 0.255 e. The first kappa shape index (κ1) is 30.4. The van der Waals surface area contributed by atoms with Gasteiger partial charge >= 0.3 is 80.9 Å². The number of nitrogens with zero attached hydrogens (tertiary/aromatic N) is 3. The zero-order valence-electron chi connectivity index (χ0n) is 21.9. The van der Waals surface area contributed by atoms with Crippen LogP contribution < -0.4 is 10.1 Å². The molecular weight excluding hydrogens is 577 g/mol. The van der Waals surface area contributed by atoms with Crippen molar-refractivity contribution in [1.82, 2.24) is 4.90 Å². The van der Waals surface area contributed by atoms with E-state index in [1.807, 2.05) is 12.3 Å². The first-order valence-corrected chi connectivity index (χ1v) is 13.6. The van der Waals surface area contributed by atoms with Crippen LogP contribution in [0.25, 0.3) is 0 Å². The van der Waals surface area contributed by atoms with Crippen molar-refractivity contribution >= 4 is 40.6 Å². The Kier molecular flexibility index (Phi) is 11.3. The summed E-state index contributed by atoms with van der Waals surface area (Å²) in [6.07, 6.45) is 3.27. The molecule has 0 aliphatic carbocycles. The number of hydrogen-bond acceptors (Lipinski definition) is 5. The molecule has 0 bridgehead atoms. The minimum Gasteiger partial charge on any atom is -0.489 e. The summed E-state index contributed by atoms with van der Waals surface area (Å²) in [5, 5.41) is 12.4. The second-order valence-electron chi connectivity index (χ2n) is 8.83. The number of benzene rings is 3. The van der Waals surface area contributed by atoms with Gasteiger partial charge in [-0.25, -0.2) is 8.78 Å². The molecule has 1 aliphatic heterocycles. The molecule has 1 N–H and O–H groups in total. The monoisotopic (exact) mass is 605 g/mol. The molecule has 1 aliphatic rings.